The number of aromatic nitrogens is 1. The van der Waals surface area contributed by atoms with E-state index in [0.717, 1.165) is 15.0 Å². The molecule has 4 heteroatoms. The molecule has 84 valence electrons. The van der Waals surface area contributed by atoms with Crippen LogP contribution in [0.15, 0.2) is 34.9 Å². The highest BCUT2D eigenvalue weighted by Gasteiger charge is 2.09. The van der Waals surface area contributed by atoms with E-state index in [1.165, 1.54) is 4.88 Å². The van der Waals surface area contributed by atoms with Crippen LogP contribution in [0.1, 0.15) is 17.7 Å². The maximum atomic E-state index is 5.64. The van der Waals surface area contributed by atoms with E-state index in [-0.39, 0.29) is 0 Å². The van der Waals surface area contributed by atoms with E-state index in [4.69, 9.17) is 5.73 Å². The van der Waals surface area contributed by atoms with Crippen LogP contribution in [-0.4, -0.2) is 11.5 Å². The molecule has 2 N–H and O–H groups in total. The molecule has 0 saturated heterocycles. The molecule has 1 unspecified atom stereocenters. The number of rotatable bonds is 3. The predicted octanol–water partition coefficient (Wildman–Crippen LogP) is 3.63. The first kappa shape index (κ1) is 11.8. The Hall–Kier alpha value is -0.710. The Morgan fingerprint density at radius 1 is 1.38 bits per heavy atom. The Labute approximate surface area is 108 Å². The number of nitrogens with two attached hydrogens (primary N) is 1. The summed E-state index contributed by atoms with van der Waals surface area (Å²) in [5.41, 5.74) is 6.80. The van der Waals surface area contributed by atoms with E-state index < -0.39 is 0 Å². The third-order valence-corrected chi connectivity index (χ3v) is 4.26. The molecule has 1 atom stereocenters. The zero-order valence-corrected chi connectivity index (χ0v) is 11.4. The van der Waals surface area contributed by atoms with Gasteiger partial charge in [0.15, 0.2) is 0 Å². The van der Waals surface area contributed by atoms with Crippen LogP contribution in [0.5, 0.6) is 0 Å². The summed E-state index contributed by atoms with van der Waals surface area (Å²) in [4.78, 5) is 5.68. The average Bonchev–Trinajstić information content (AvgIpc) is 2.78. The minimum absolute atomic E-state index is 0.390. The highest BCUT2D eigenvalue weighted by atomic mass is 79.9. The normalized spacial score (nSPS) is 12.7. The van der Waals surface area contributed by atoms with Gasteiger partial charge in [-0.05, 0) is 18.7 Å². The number of nitrogens with zero attached hydrogens (tertiary/aromatic N) is 1. The van der Waals surface area contributed by atoms with Crippen molar-refractivity contribution in [2.45, 2.75) is 12.8 Å². The van der Waals surface area contributed by atoms with Gasteiger partial charge < -0.3 is 5.73 Å². The Morgan fingerprint density at radius 2 is 2.06 bits per heavy atom. The van der Waals surface area contributed by atoms with Gasteiger partial charge in [-0.15, -0.1) is 11.3 Å². The fourth-order valence-corrected chi connectivity index (χ4v) is 2.61. The van der Waals surface area contributed by atoms with Gasteiger partial charge in [0.1, 0.15) is 5.01 Å². The molecule has 0 amide bonds. The quantitative estimate of drug-likeness (QED) is 0.939. The standard InChI is InChI=1S/C12H13BrN2S/c1-8(6-14)11-7-15-12(16-11)9-2-4-10(13)5-3-9/h2-5,7-8H,6,14H2,1H3. The summed E-state index contributed by atoms with van der Waals surface area (Å²) in [7, 11) is 0. The van der Waals surface area contributed by atoms with Crippen LogP contribution < -0.4 is 5.73 Å². The maximum absolute atomic E-state index is 5.64. The summed E-state index contributed by atoms with van der Waals surface area (Å²) >= 11 is 5.14. The van der Waals surface area contributed by atoms with Gasteiger partial charge in [0.05, 0.1) is 0 Å². The number of halogens is 1. The van der Waals surface area contributed by atoms with Gasteiger partial charge in [0.25, 0.3) is 0 Å². The monoisotopic (exact) mass is 296 g/mol. The summed E-state index contributed by atoms with van der Waals surface area (Å²) in [6.45, 7) is 2.79. The maximum Gasteiger partial charge on any atom is 0.123 e. The number of thiazole rings is 1. The highest BCUT2D eigenvalue weighted by Crippen LogP contribution is 2.29. The molecule has 2 nitrogen and oxygen atoms in total. The minimum Gasteiger partial charge on any atom is -0.330 e. The number of hydrogen-bond donors (Lipinski definition) is 1. The Balaban J connectivity index is 2.28. The molecule has 0 bridgehead atoms. The topological polar surface area (TPSA) is 38.9 Å². The molecular formula is C12H13BrN2S. The fraction of sp³-hybridized carbons (Fsp3) is 0.250. The van der Waals surface area contributed by atoms with E-state index in [9.17, 15) is 0 Å². The van der Waals surface area contributed by atoms with Crippen molar-refractivity contribution in [1.82, 2.24) is 4.98 Å². The van der Waals surface area contributed by atoms with Crippen molar-refractivity contribution >= 4 is 27.3 Å². The van der Waals surface area contributed by atoms with Crippen molar-refractivity contribution in [3.05, 3.63) is 39.8 Å². The first-order valence-electron chi connectivity index (χ1n) is 5.12. The predicted molar refractivity (Wildman–Crippen MR) is 72.7 cm³/mol. The van der Waals surface area contributed by atoms with Gasteiger partial charge in [-0.2, -0.15) is 0 Å². The van der Waals surface area contributed by atoms with Crippen molar-refractivity contribution in [2.75, 3.05) is 6.54 Å². The zero-order valence-electron chi connectivity index (χ0n) is 8.98. The summed E-state index contributed by atoms with van der Waals surface area (Å²) < 4.78 is 1.09. The second-order valence-corrected chi connectivity index (χ2v) is 5.69. The molecule has 0 saturated carbocycles. The van der Waals surface area contributed by atoms with E-state index in [1.807, 2.05) is 18.3 Å². The molecule has 1 heterocycles. The van der Waals surface area contributed by atoms with Crippen LogP contribution in [0.25, 0.3) is 10.6 Å². The summed E-state index contributed by atoms with van der Waals surface area (Å²) in [6, 6.07) is 8.20. The highest BCUT2D eigenvalue weighted by molar-refractivity contribution is 9.10. The lowest BCUT2D eigenvalue weighted by molar-refractivity contribution is 0.787. The lowest BCUT2D eigenvalue weighted by Gasteiger charge is -2.02. The van der Waals surface area contributed by atoms with Crippen LogP contribution in [0.4, 0.5) is 0 Å². The SMILES string of the molecule is CC(CN)c1cnc(-c2ccc(Br)cc2)s1. The van der Waals surface area contributed by atoms with Crippen molar-refractivity contribution < 1.29 is 0 Å². The number of hydrogen-bond acceptors (Lipinski definition) is 3. The van der Waals surface area contributed by atoms with E-state index >= 15 is 0 Å². The first-order valence-corrected chi connectivity index (χ1v) is 6.73. The molecule has 0 aliphatic rings. The van der Waals surface area contributed by atoms with Crippen LogP contribution in [0, 0.1) is 0 Å². The molecule has 0 fully saturated rings. The first-order chi connectivity index (χ1) is 7.70. The van der Waals surface area contributed by atoms with Crippen LogP contribution in [0.2, 0.25) is 0 Å². The molecule has 1 aromatic heterocycles. The molecule has 16 heavy (non-hydrogen) atoms. The summed E-state index contributed by atoms with van der Waals surface area (Å²) in [6.07, 6.45) is 1.93. The molecule has 0 spiro atoms. The smallest absolute Gasteiger partial charge is 0.123 e. The molecule has 0 aliphatic carbocycles. The van der Waals surface area contributed by atoms with Gasteiger partial charge >= 0.3 is 0 Å². The molecule has 0 aliphatic heterocycles. The van der Waals surface area contributed by atoms with Gasteiger partial charge in [0.2, 0.25) is 0 Å². The van der Waals surface area contributed by atoms with Crippen molar-refractivity contribution in [3.8, 4) is 10.6 Å². The summed E-state index contributed by atoms with van der Waals surface area (Å²) in [5, 5.41) is 1.06. The lowest BCUT2D eigenvalue weighted by Crippen LogP contribution is -2.07. The Bertz CT molecular complexity index is 464. The lowest BCUT2D eigenvalue weighted by atomic mass is 10.2. The Kier molecular flexibility index (Phi) is 3.74. The third kappa shape index (κ3) is 2.51. The van der Waals surface area contributed by atoms with Crippen molar-refractivity contribution in [2.24, 2.45) is 5.73 Å². The molecular weight excluding hydrogens is 284 g/mol. The van der Waals surface area contributed by atoms with Crippen LogP contribution in [-0.2, 0) is 0 Å². The van der Waals surface area contributed by atoms with E-state index in [1.54, 1.807) is 11.3 Å². The summed E-state index contributed by atoms with van der Waals surface area (Å²) in [5.74, 6) is 0.390. The van der Waals surface area contributed by atoms with Crippen molar-refractivity contribution in [3.63, 3.8) is 0 Å². The van der Waals surface area contributed by atoms with Gasteiger partial charge in [-0.1, -0.05) is 35.0 Å². The second-order valence-electron chi connectivity index (χ2n) is 3.71. The minimum atomic E-state index is 0.390. The molecule has 0 radical (unpaired) electrons. The van der Waals surface area contributed by atoms with Gasteiger partial charge in [-0.3, -0.25) is 0 Å². The fourth-order valence-electron chi connectivity index (χ4n) is 1.36. The molecule has 1 aromatic carbocycles. The van der Waals surface area contributed by atoms with Crippen molar-refractivity contribution in [1.29, 1.82) is 0 Å². The largest absolute Gasteiger partial charge is 0.330 e. The van der Waals surface area contributed by atoms with E-state index in [2.05, 4.69) is 40.0 Å². The zero-order chi connectivity index (χ0) is 11.5. The molecule has 2 rings (SSSR count). The van der Waals surface area contributed by atoms with E-state index in [0.29, 0.717) is 12.5 Å². The van der Waals surface area contributed by atoms with Crippen LogP contribution >= 0.6 is 27.3 Å². The number of benzene rings is 1. The second kappa shape index (κ2) is 5.08. The average molecular weight is 297 g/mol. The Morgan fingerprint density at radius 3 is 2.69 bits per heavy atom. The van der Waals surface area contributed by atoms with Crippen LogP contribution in [0.3, 0.4) is 0 Å². The third-order valence-electron chi connectivity index (χ3n) is 2.45. The molecule has 2 aromatic rings. The van der Waals surface area contributed by atoms with Gasteiger partial charge in [-0.25, -0.2) is 4.98 Å². The van der Waals surface area contributed by atoms with Gasteiger partial charge in [0, 0.05) is 27.0 Å².